The molecule has 42 heavy (non-hydrogen) atoms. The molecule has 1 fully saturated rings. The molecule has 0 amide bonds. The van der Waals surface area contributed by atoms with Crippen LogP contribution in [0.5, 0.6) is 0 Å². The van der Waals surface area contributed by atoms with Crippen molar-refractivity contribution in [1.29, 1.82) is 0 Å². The van der Waals surface area contributed by atoms with E-state index in [1.165, 1.54) is 0 Å². The molecule has 0 bridgehead atoms. The van der Waals surface area contributed by atoms with Crippen molar-refractivity contribution in [1.82, 2.24) is 19.5 Å². The predicted molar refractivity (Wildman–Crippen MR) is 170 cm³/mol. The molecule has 2 atom stereocenters. The van der Waals surface area contributed by atoms with Crippen LogP contribution < -0.4 is 10.9 Å². The number of aliphatic imine (C=N–C) groups is 1. The summed E-state index contributed by atoms with van der Waals surface area (Å²) in [7, 11) is 0. The summed E-state index contributed by atoms with van der Waals surface area (Å²) in [5.41, 5.74) is 4.93. The Bertz CT molecular complexity index is 1660. The number of hydrogen-bond acceptors (Lipinski definition) is 6. The number of pyridine rings is 2. The fourth-order valence-electron chi connectivity index (χ4n) is 4.99. The van der Waals surface area contributed by atoms with Crippen molar-refractivity contribution in [2.24, 2.45) is 10.9 Å². The van der Waals surface area contributed by atoms with Crippen molar-refractivity contribution in [3.05, 3.63) is 100.0 Å². The van der Waals surface area contributed by atoms with E-state index >= 15 is 0 Å². The van der Waals surface area contributed by atoms with Gasteiger partial charge in [0.2, 0.25) is 0 Å². The van der Waals surface area contributed by atoms with E-state index in [9.17, 15) is 4.79 Å². The zero-order valence-corrected chi connectivity index (χ0v) is 24.9. The summed E-state index contributed by atoms with van der Waals surface area (Å²) < 4.78 is 7.30. The number of aromatic nitrogens is 4. The number of aryl methyl sites for hydroxylation is 1. The van der Waals surface area contributed by atoms with Gasteiger partial charge in [0.05, 0.1) is 30.6 Å². The quantitative estimate of drug-likeness (QED) is 0.175. The number of ether oxygens (including phenoxy) is 1. The second-order valence-corrected chi connectivity index (χ2v) is 10.9. The minimum absolute atomic E-state index is 0.0849. The molecule has 8 nitrogen and oxygen atoms in total. The molecule has 0 saturated carbocycles. The van der Waals surface area contributed by atoms with Crippen molar-refractivity contribution in [3.63, 3.8) is 0 Å². The van der Waals surface area contributed by atoms with Crippen LogP contribution in [0.2, 0.25) is 5.02 Å². The molecule has 4 aromatic rings. The number of rotatable bonds is 9. The van der Waals surface area contributed by atoms with Gasteiger partial charge in [-0.1, -0.05) is 56.3 Å². The Labute approximate surface area is 251 Å². The Hall–Kier alpha value is -4.14. The first kappa shape index (κ1) is 29.4. The van der Waals surface area contributed by atoms with Crippen LogP contribution in [0.15, 0.2) is 77.6 Å². The zero-order chi connectivity index (χ0) is 29.6. The molecule has 0 radical (unpaired) electrons. The normalized spacial score (nSPS) is 15.9. The van der Waals surface area contributed by atoms with Gasteiger partial charge in [0, 0.05) is 64.6 Å². The predicted octanol–water partition coefficient (Wildman–Crippen LogP) is 6.67. The first-order chi connectivity index (χ1) is 20.4. The topological polar surface area (TPSA) is 94.3 Å². The van der Waals surface area contributed by atoms with Crippen LogP contribution in [0.1, 0.15) is 43.5 Å². The van der Waals surface area contributed by atoms with Crippen LogP contribution in [0.4, 0.5) is 5.82 Å². The Kier molecular flexibility index (Phi) is 9.25. The van der Waals surface area contributed by atoms with E-state index in [-0.39, 0.29) is 17.5 Å². The van der Waals surface area contributed by atoms with Crippen LogP contribution in [0, 0.1) is 12.8 Å². The van der Waals surface area contributed by atoms with Gasteiger partial charge in [0.1, 0.15) is 11.7 Å². The van der Waals surface area contributed by atoms with E-state index in [2.05, 4.69) is 40.7 Å². The molecule has 1 aliphatic rings. The largest absolute Gasteiger partial charge is 0.379 e. The van der Waals surface area contributed by atoms with Crippen molar-refractivity contribution in [2.45, 2.75) is 46.2 Å². The van der Waals surface area contributed by atoms with Gasteiger partial charge < -0.3 is 10.1 Å². The van der Waals surface area contributed by atoms with Gasteiger partial charge in [0.25, 0.3) is 5.56 Å². The lowest BCUT2D eigenvalue weighted by molar-refractivity contribution is 0.194. The fraction of sp³-hybridized carbons (Fsp3) is 0.303. The Morgan fingerprint density at radius 1 is 1.24 bits per heavy atom. The maximum Gasteiger partial charge on any atom is 0.260 e. The highest BCUT2D eigenvalue weighted by Gasteiger charge is 2.22. The molecule has 2 unspecified atom stereocenters. The summed E-state index contributed by atoms with van der Waals surface area (Å²) in [4.78, 5) is 32.4. The molecule has 216 valence electrons. The Morgan fingerprint density at radius 2 is 2.07 bits per heavy atom. The number of anilines is 1. The van der Waals surface area contributed by atoms with E-state index in [0.29, 0.717) is 41.7 Å². The molecule has 1 aromatic carbocycles. The summed E-state index contributed by atoms with van der Waals surface area (Å²) in [6.07, 6.45) is 10.3. The molecular weight excluding hydrogens is 548 g/mol. The second-order valence-electron chi connectivity index (χ2n) is 10.5. The van der Waals surface area contributed by atoms with E-state index in [1.807, 2.05) is 43.3 Å². The van der Waals surface area contributed by atoms with Crippen LogP contribution in [-0.2, 0) is 11.3 Å². The van der Waals surface area contributed by atoms with Gasteiger partial charge in [-0.3, -0.25) is 29.3 Å². The molecule has 1 saturated heterocycles. The summed E-state index contributed by atoms with van der Waals surface area (Å²) in [6, 6.07) is 11.4. The maximum atomic E-state index is 14.3. The number of nitrogens with one attached hydrogen (secondary N) is 1. The Balaban J connectivity index is 1.65. The average Bonchev–Trinajstić information content (AvgIpc) is 3.52. The molecule has 5 rings (SSSR count). The molecule has 1 aliphatic heterocycles. The minimum Gasteiger partial charge on any atom is -0.379 e. The summed E-state index contributed by atoms with van der Waals surface area (Å²) in [5.74, 6) is 1.60. The van der Waals surface area contributed by atoms with Gasteiger partial charge in [0.15, 0.2) is 0 Å². The van der Waals surface area contributed by atoms with Gasteiger partial charge in [-0.2, -0.15) is 0 Å². The third-order valence-electron chi connectivity index (χ3n) is 7.57. The van der Waals surface area contributed by atoms with E-state index in [0.717, 1.165) is 46.8 Å². The highest BCUT2D eigenvalue weighted by atomic mass is 35.5. The first-order valence-corrected chi connectivity index (χ1v) is 14.6. The SMILES string of the molecule is C=Cc1cc(-c2ccc(-c3nccnc3C)cc2Cl)c(=O)n(Cc2cccnc2)c1NC(=NC1CCOC1)C(C)CC. The minimum atomic E-state index is -0.190. The average molecular weight is 583 g/mol. The van der Waals surface area contributed by atoms with Crippen molar-refractivity contribution < 1.29 is 4.74 Å². The number of halogens is 1. The number of nitrogens with zero attached hydrogens (tertiary/aromatic N) is 5. The van der Waals surface area contributed by atoms with E-state index in [4.69, 9.17) is 21.3 Å². The lowest BCUT2D eigenvalue weighted by Gasteiger charge is -2.23. The zero-order valence-electron chi connectivity index (χ0n) is 24.2. The number of hydrogen-bond donors (Lipinski definition) is 1. The number of benzene rings is 1. The lowest BCUT2D eigenvalue weighted by Crippen LogP contribution is -2.31. The van der Waals surface area contributed by atoms with Crippen molar-refractivity contribution in [3.8, 4) is 22.4 Å². The van der Waals surface area contributed by atoms with Crippen LogP contribution in [0.25, 0.3) is 28.5 Å². The van der Waals surface area contributed by atoms with Crippen LogP contribution in [-0.4, -0.2) is 44.6 Å². The number of amidine groups is 1. The molecule has 3 aromatic heterocycles. The molecule has 4 heterocycles. The highest BCUT2D eigenvalue weighted by molar-refractivity contribution is 6.33. The molecule has 0 spiro atoms. The van der Waals surface area contributed by atoms with E-state index in [1.54, 1.807) is 35.4 Å². The fourth-order valence-corrected chi connectivity index (χ4v) is 5.27. The third-order valence-corrected chi connectivity index (χ3v) is 7.88. The van der Waals surface area contributed by atoms with Gasteiger partial charge in [-0.15, -0.1) is 0 Å². The standard InChI is InChI=1S/C33H35ClN6O2/c1-5-21(3)31(38-26-11-15-42-20-26)39-32-24(6-2)16-28(33(41)40(32)19-23-8-7-12-35-18-23)27-10-9-25(17-29(27)34)30-22(4)36-13-14-37-30/h6-10,12-14,16-18,21,26H,2,5,11,15,19-20H2,1,3-4H3,(H,38,39). The van der Waals surface area contributed by atoms with Gasteiger partial charge in [-0.25, -0.2) is 0 Å². The molecular formula is C33H35ClN6O2. The molecule has 0 aliphatic carbocycles. The Morgan fingerprint density at radius 3 is 2.74 bits per heavy atom. The summed E-state index contributed by atoms with van der Waals surface area (Å²) in [6.45, 7) is 11.9. The smallest absolute Gasteiger partial charge is 0.260 e. The van der Waals surface area contributed by atoms with Crippen molar-refractivity contribution >= 4 is 29.3 Å². The maximum absolute atomic E-state index is 14.3. The highest BCUT2D eigenvalue weighted by Crippen LogP contribution is 2.33. The first-order valence-electron chi connectivity index (χ1n) is 14.2. The molecule has 1 N–H and O–H groups in total. The van der Waals surface area contributed by atoms with Gasteiger partial charge in [-0.05, 0) is 43.5 Å². The van der Waals surface area contributed by atoms with Crippen LogP contribution >= 0.6 is 11.6 Å². The summed E-state index contributed by atoms with van der Waals surface area (Å²) in [5, 5.41) is 4.00. The summed E-state index contributed by atoms with van der Waals surface area (Å²) >= 11 is 6.85. The van der Waals surface area contributed by atoms with Gasteiger partial charge >= 0.3 is 0 Å². The van der Waals surface area contributed by atoms with E-state index < -0.39 is 0 Å². The third kappa shape index (κ3) is 6.35. The molecule has 9 heteroatoms. The van der Waals surface area contributed by atoms with Crippen LogP contribution in [0.3, 0.4) is 0 Å². The van der Waals surface area contributed by atoms with Crippen molar-refractivity contribution in [2.75, 3.05) is 18.5 Å². The lowest BCUT2D eigenvalue weighted by atomic mass is 10.0. The second kappa shape index (κ2) is 13.2. The monoisotopic (exact) mass is 582 g/mol.